The van der Waals surface area contributed by atoms with Crippen molar-refractivity contribution in [3.05, 3.63) is 53.4 Å². The Balaban J connectivity index is 1.31. The van der Waals surface area contributed by atoms with Crippen LogP contribution in [0.15, 0.2) is 30.5 Å². The Kier molecular flexibility index (Phi) is 6.97. The highest BCUT2D eigenvalue weighted by Gasteiger charge is 2.27. The summed E-state index contributed by atoms with van der Waals surface area (Å²) in [5, 5.41) is 0. The van der Waals surface area contributed by atoms with Crippen molar-refractivity contribution in [3.8, 4) is 5.75 Å². The van der Waals surface area contributed by atoms with Gasteiger partial charge in [0.2, 0.25) is 0 Å². The summed E-state index contributed by atoms with van der Waals surface area (Å²) in [6.07, 6.45) is 6.18. The van der Waals surface area contributed by atoms with Crippen LogP contribution in [0.4, 0.5) is 4.39 Å². The van der Waals surface area contributed by atoms with Crippen LogP contribution in [-0.2, 0) is 11.2 Å². The van der Waals surface area contributed by atoms with Crippen LogP contribution in [0.1, 0.15) is 47.6 Å². The Bertz CT molecular complexity index is 952. The van der Waals surface area contributed by atoms with Crippen molar-refractivity contribution in [1.29, 1.82) is 0 Å². The number of aromatic nitrogens is 2. The summed E-state index contributed by atoms with van der Waals surface area (Å²) >= 11 is 0. The summed E-state index contributed by atoms with van der Waals surface area (Å²) in [6, 6.07) is 5.64. The average Bonchev–Trinajstić information content (AvgIpc) is 3.34. The second-order valence-corrected chi connectivity index (χ2v) is 8.55. The number of hydrogen-bond acceptors (Lipinski definition) is 5. The molecule has 1 aromatic heterocycles. The van der Waals surface area contributed by atoms with Crippen molar-refractivity contribution in [3.63, 3.8) is 0 Å². The average molecular weight is 441 g/mol. The smallest absolute Gasteiger partial charge is 0.260 e. The number of rotatable bonds is 6. The number of carbonyl (C=O) groups is 2. The molecule has 0 atom stereocenters. The molecular formula is C24H29FN4O3. The number of amides is 2. The van der Waals surface area contributed by atoms with Crippen LogP contribution in [0.2, 0.25) is 0 Å². The Hall–Kier alpha value is -3.03. The van der Waals surface area contributed by atoms with Crippen LogP contribution in [-0.4, -0.2) is 64.4 Å². The third-order valence-corrected chi connectivity index (χ3v) is 6.24. The summed E-state index contributed by atoms with van der Waals surface area (Å²) in [7, 11) is 0. The molecule has 32 heavy (non-hydrogen) atoms. The van der Waals surface area contributed by atoms with Crippen LogP contribution in [0.25, 0.3) is 0 Å². The number of benzene rings is 1. The van der Waals surface area contributed by atoms with E-state index in [-0.39, 0.29) is 24.2 Å². The Morgan fingerprint density at radius 3 is 2.44 bits per heavy atom. The first-order valence-corrected chi connectivity index (χ1v) is 11.3. The molecule has 3 heterocycles. The number of piperidine rings is 1. The molecule has 170 valence electrons. The normalized spacial score (nSPS) is 16.9. The maximum atomic E-state index is 13.0. The highest BCUT2D eigenvalue weighted by molar-refractivity contribution is 5.95. The van der Waals surface area contributed by atoms with Gasteiger partial charge in [-0.3, -0.25) is 9.59 Å². The minimum Gasteiger partial charge on any atom is -0.484 e. The van der Waals surface area contributed by atoms with Crippen molar-refractivity contribution in [2.75, 3.05) is 32.8 Å². The van der Waals surface area contributed by atoms with E-state index in [0.29, 0.717) is 42.6 Å². The minimum absolute atomic E-state index is 0.0306. The van der Waals surface area contributed by atoms with Crippen molar-refractivity contribution in [2.45, 2.75) is 39.0 Å². The first-order valence-electron chi connectivity index (χ1n) is 11.3. The fourth-order valence-corrected chi connectivity index (χ4v) is 4.37. The molecule has 2 saturated heterocycles. The minimum atomic E-state index is -0.338. The van der Waals surface area contributed by atoms with E-state index in [0.717, 1.165) is 44.5 Å². The largest absolute Gasteiger partial charge is 0.484 e. The molecule has 0 radical (unpaired) electrons. The van der Waals surface area contributed by atoms with Gasteiger partial charge in [0, 0.05) is 32.4 Å². The highest BCUT2D eigenvalue weighted by atomic mass is 19.1. The zero-order valence-corrected chi connectivity index (χ0v) is 18.4. The van der Waals surface area contributed by atoms with Gasteiger partial charge in [-0.05, 0) is 69.2 Å². The Morgan fingerprint density at radius 1 is 1.06 bits per heavy atom. The molecule has 8 heteroatoms. The first-order chi connectivity index (χ1) is 15.5. The van der Waals surface area contributed by atoms with Gasteiger partial charge < -0.3 is 14.5 Å². The molecule has 2 aliphatic rings. The number of halogens is 1. The van der Waals surface area contributed by atoms with Gasteiger partial charge in [0.05, 0.1) is 11.3 Å². The van der Waals surface area contributed by atoms with Crippen molar-refractivity contribution in [1.82, 2.24) is 19.8 Å². The van der Waals surface area contributed by atoms with E-state index in [4.69, 9.17) is 4.74 Å². The zero-order chi connectivity index (χ0) is 22.5. The summed E-state index contributed by atoms with van der Waals surface area (Å²) in [4.78, 5) is 38.0. The van der Waals surface area contributed by atoms with E-state index in [1.54, 1.807) is 6.20 Å². The lowest BCUT2D eigenvalue weighted by Gasteiger charge is -2.32. The van der Waals surface area contributed by atoms with E-state index in [1.165, 1.54) is 24.3 Å². The van der Waals surface area contributed by atoms with Gasteiger partial charge in [0.15, 0.2) is 6.61 Å². The second-order valence-electron chi connectivity index (χ2n) is 8.55. The van der Waals surface area contributed by atoms with Gasteiger partial charge in [0.25, 0.3) is 11.8 Å². The van der Waals surface area contributed by atoms with Crippen LogP contribution in [0.3, 0.4) is 0 Å². The molecule has 0 bridgehead atoms. The molecule has 1 aromatic carbocycles. The molecule has 0 aliphatic carbocycles. The molecule has 2 fully saturated rings. The number of nitrogens with zero attached hydrogens (tertiary/aromatic N) is 4. The standard InChI is InChI=1S/C24H29FN4O3/c1-17-26-15-21(24(31)29-10-2-3-11-29)22(27-17)14-18-8-12-28(13-9-18)23(30)16-32-20-6-4-19(25)5-7-20/h4-7,15,18H,2-3,8-14,16H2,1H3. The topological polar surface area (TPSA) is 75.6 Å². The quantitative estimate of drug-likeness (QED) is 0.690. The summed E-state index contributed by atoms with van der Waals surface area (Å²) < 4.78 is 18.5. The summed E-state index contributed by atoms with van der Waals surface area (Å²) in [6.45, 7) is 4.68. The van der Waals surface area contributed by atoms with Crippen molar-refractivity contribution >= 4 is 11.8 Å². The van der Waals surface area contributed by atoms with Crippen LogP contribution in [0.5, 0.6) is 5.75 Å². The molecule has 4 rings (SSSR count). The molecule has 2 aliphatic heterocycles. The number of aryl methyl sites for hydroxylation is 1. The van der Waals surface area contributed by atoms with E-state index in [1.807, 2.05) is 16.7 Å². The maximum Gasteiger partial charge on any atom is 0.260 e. The molecule has 0 saturated carbocycles. The van der Waals surface area contributed by atoms with Gasteiger partial charge in [-0.2, -0.15) is 0 Å². The first kappa shape index (κ1) is 22.2. The number of likely N-dealkylation sites (tertiary alicyclic amines) is 2. The highest BCUT2D eigenvalue weighted by Crippen LogP contribution is 2.24. The van der Waals surface area contributed by atoms with Gasteiger partial charge >= 0.3 is 0 Å². The van der Waals surface area contributed by atoms with E-state index >= 15 is 0 Å². The summed E-state index contributed by atoms with van der Waals surface area (Å²) in [5.41, 5.74) is 1.43. The lowest BCUT2D eigenvalue weighted by molar-refractivity contribution is -0.134. The maximum absolute atomic E-state index is 13.0. The van der Waals surface area contributed by atoms with Gasteiger partial charge in [-0.15, -0.1) is 0 Å². The molecular weight excluding hydrogens is 411 g/mol. The third kappa shape index (κ3) is 5.41. The zero-order valence-electron chi connectivity index (χ0n) is 18.4. The predicted molar refractivity (Wildman–Crippen MR) is 117 cm³/mol. The molecule has 2 amide bonds. The van der Waals surface area contributed by atoms with Crippen LogP contribution >= 0.6 is 0 Å². The molecule has 0 unspecified atom stereocenters. The van der Waals surface area contributed by atoms with Crippen LogP contribution in [0, 0.1) is 18.7 Å². The van der Waals surface area contributed by atoms with Gasteiger partial charge in [0.1, 0.15) is 17.4 Å². The SMILES string of the molecule is Cc1ncc(C(=O)N2CCCC2)c(CC2CCN(C(=O)COc3ccc(F)cc3)CC2)n1. The Labute approximate surface area is 187 Å². The lowest BCUT2D eigenvalue weighted by atomic mass is 9.90. The molecule has 0 spiro atoms. The number of carbonyl (C=O) groups excluding carboxylic acids is 2. The Morgan fingerprint density at radius 2 is 1.75 bits per heavy atom. The van der Waals surface area contributed by atoms with Crippen molar-refractivity contribution in [2.24, 2.45) is 5.92 Å². The third-order valence-electron chi connectivity index (χ3n) is 6.24. The summed E-state index contributed by atoms with van der Waals surface area (Å²) in [5.74, 6) is 1.12. The van der Waals surface area contributed by atoms with Gasteiger partial charge in [-0.1, -0.05) is 0 Å². The van der Waals surface area contributed by atoms with E-state index < -0.39 is 0 Å². The fourth-order valence-electron chi connectivity index (χ4n) is 4.37. The van der Waals surface area contributed by atoms with Crippen LogP contribution < -0.4 is 4.74 Å². The second kappa shape index (κ2) is 10.1. The number of hydrogen-bond donors (Lipinski definition) is 0. The monoisotopic (exact) mass is 440 g/mol. The lowest BCUT2D eigenvalue weighted by Crippen LogP contribution is -2.41. The van der Waals surface area contributed by atoms with Gasteiger partial charge in [-0.25, -0.2) is 14.4 Å². The number of ether oxygens (including phenoxy) is 1. The van der Waals surface area contributed by atoms with E-state index in [9.17, 15) is 14.0 Å². The fraction of sp³-hybridized carbons (Fsp3) is 0.500. The molecule has 0 N–H and O–H groups in total. The molecule has 7 nitrogen and oxygen atoms in total. The molecule has 2 aromatic rings. The van der Waals surface area contributed by atoms with E-state index in [2.05, 4.69) is 9.97 Å². The predicted octanol–water partition coefficient (Wildman–Crippen LogP) is 3.02. The van der Waals surface area contributed by atoms with Crippen molar-refractivity contribution < 1.29 is 18.7 Å².